The van der Waals surface area contributed by atoms with Crippen molar-refractivity contribution < 1.29 is 4.74 Å². The summed E-state index contributed by atoms with van der Waals surface area (Å²) < 4.78 is 8.94. The van der Waals surface area contributed by atoms with E-state index >= 15 is 0 Å². The van der Waals surface area contributed by atoms with Gasteiger partial charge in [0.25, 0.3) is 0 Å². The van der Waals surface area contributed by atoms with Crippen molar-refractivity contribution in [3.8, 4) is 45.3 Å². The van der Waals surface area contributed by atoms with Crippen molar-refractivity contribution in [1.29, 1.82) is 0 Å². The number of thiophene rings is 1. The highest BCUT2D eigenvalue weighted by Crippen LogP contribution is 2.64. The molecule has 7 aromatic carbocycles. The number of benzene rings is 7. The van der Waals surface area contributed by atoms with Gasteiger partial charge in [0.2, 0.25) is 0 Å². The summed E-state index contributed by atoms with van der Waals surface area (Å²) in [5.41, 5.74) is 10.8. The maximum Gasteiger partial charge on any atom is 0.160 e. The fourth-order valence-electron chi connectivity index (χ4n) is 8.39. The van der Waals surface area contributed by atoms with Crippen molar-refractivity contribution >= 4 is 42.4 Å². The molecule has 2 aliphatic rings. The lowest BCUT2D eigenvalue weighted by molar-refractivity contribution is 0.436. The summed E-state index contributed by atoms with van der Waals surface area (Å²) in [6, 6.07) is 56.3. The third-order valence-corrected chi connectivity index (χ3v) is 11.5. The zero-order valence-corrected chi connectivity index (χ0v) is 27.0. The Balaban J connectivity index is 1.33. The zero-order valence-electron chi connectivity index (χ0n) is 26.2. The Morgan fingerprint density at radius 3 is 1.96 bits per heavy atom. The summed E-state index contributed by atoms with van der Waals surface area (Å²) in [5.74, 6) is 2.51. The summed E-state index contributed by atoms with van der Waals surface area (Å²) in [6.45, 7) is 0. The number of nitrogens with zero attached hydrogens (tertiary/aromatic N) is 2. The van der Waals surface area contributed by atoms with Gasteiger partial charge in [-0.05, 0) is 51.2 Å². The maximum atomic E-state index is 6.63. The van der Waals surface area contributed by atoms with E-state index in [1.54, 1.807) is 11.3 Å². The van der Waals surface area contributed by atoms with E-state index in [1.165, 1.54) is 37.7 Å². The Morgan fingerprint density at radius 1 is 0.490 bits per heavy atom. The summed E-state index contributed by atoms with van der Waals surface area (Å²) in [7, 11) is 0. The van der Waals surface area contributed by atoms with E-state index in [0.29, 0.717) is 0 Å². The summed E-state index contributed by atoms with van der Waals surface area (Å²) in [4.78, 5) is 10.7. The molecule has 0 radical (unpaired) electrons. The zero-order chi connectivity index (χ0) is 32.1. The Kier molecular flexibility index (Phi) is 5.47. The summed E-state index contributed by atoms with van der Waals surface area (Å²) in [6.07, 6.45) is 0. The molecule has 3 heterocycles. The van der Waals surface area contributed by atoms with E-state index in [0.717, 1.165) is 60.9 Å². The average Bonchev–Trinajstić information content (AvgIpc) is 3.69. The number of hydrogen-bond donors (Lipinski definition) is 0. The Labute approximate surface area is 286 Å². The quantitative estimate of drug-likeness (QED) is 0.188. The van der Waals surface area contributed by atoms with E-state index in [9.17, 15) is 0 Å². The summed E-state index contributed by atoms with van der Waals surface area (Å²) in [5, 5.41) is 3.61. The van der Waals surface area contributed by atoms with Gasteiger partial charge in [0.1, 0.15) is 11.5 Å². The van der Waals surface area contributed by atoms with Crippen molar-refractivity contribution in [2.45, 2.75) is 5.41 Å². The van der Waals surface area contributed by atoms with Crippen LogP contribution in [0.15, 0.2) is 158 Å². The molecule has 0 saturated carbocycles. The van der Waals surface area contributed by atoms with Gasteiger partial charge >= 0.3 is 0 Å². The van der Waals surface area contributed by atoms with Gasteiger partial charge in [-0.25, -0.2) is 9.97 Å². The van der Waals surface area contributed by atoms with E-state index in [1.807, 2.05) is 6.07 Å². The van der Waals surface area contributed by atoms with E-state index in [4.69, 9.17) is 14.7 Å². The topological polar surface area (TPSA) is 35.0 Å². The standard InChI is InChI=1S/C45H26N2OS/c1-2-14-28(15-3-1)44-46-41-30-17-6-11-24-38(30)49-43(41)42(47-44)31-18-12-21-34-40(31)39-29-16-5-4-13-27(29)25-26-35(39)45(34)32-19-7-9-22-36(32)48-37-23-10-8-20-33(37)45/h1-26H. The molecule has 3 nitrogen and oxygen atoms in total. The van der Waals surface area contributed by atoms with Gasteiger partial charge in [0.15, 0.2) is 5.82 Å². The fraction of sp³-hybridized carbons (Fsp3) is 0.0222. The van der Waals surface area contributed by atoms with Crippen LogP contribution >= 0.6 is 11.3 Å². The van der Waals surface area contributed by atoms with Crippen LogP contribution in [0.4, 0.5) is 0 Å². The average molecular weight is 643 g/mol. The first-order valence-electron chi connectivity index (χ1n) is 16.6. The molecule has 228 valence electrons. The molecule has 0 bridgehead atoms. The molecule has 1 aliphatic heterocycles. The van der Waals surface area contributed by atoms with Crippen LogP contribution < -0.4 is 4.74 Å². The first-order valence-corrected chi connectivity index (χ1v) is 17.4. The minimum Gasteiger partial charge on any atom is -0.457 e. The molecule has 1 aliphatic carbocycles. The lowest BCUT2D eigenvalue weighted by Gasteiger charge is -2.39. The molecule has 0 atom stereocenters. The van der Waals surface area contributed by atoms with Crippen LogP contribution in [0.25, 0.3) is 64.8 Å². The molecule has 0 saturated heterocycles. The molecule has 0 fully saturated rings. The Bertz CT molecular complexity index is 2770. The molecular weight excluding hydrogens is 617 g/mol. The largest absolute Gasteiger partial charge is 0.457 e. The number of hydrogen-bond acceptors (Lipinski definition) is 4. The van der Waals surface area contributed by atoms with Crippen LogP contribution in [0.1, 0.15) is 22.3 Å². The van der Waals surface area contributed by atoms with Gasteiger partial charge < -0.3 is 4.74 Å². The lowest BCUT2D eigenvalue weighted by atomic mass is 9.66. The molecule has 9 aromatic rings. The van der Waals surface area contributed by atoms with Crippen molar-refractivity contribution in [2.24, 2.45) is 0 Å². The van der Waals surface area contributed by atoms with E-state index in [2.05, 4.69) is 152 Å². The SMILES string of the molecule is c1ccc(-c2nc(-c3cccc4c3-c3c(ccc5ccccc35)C43c4ccccc4Oc4ccccc43)c3sc4ccccc4c3n2)cc1. The highest BCUT2D eigenvalue weighted by Gasteiger charge is 2.52. The number of ether oxygens (including phenoxy) is 1. The second kappa shape index (κ2) is 9.96. The highest BCUT2D eigenvalue weighted by molar-refractivity contribution is 7.26. The van der Waals surface area contributed by atoms with Crippen molar-refractivity contribution in [3.05, 3.63) is 180 Å². The van der Waals surface area contributed by atoms with E-state index in [-0.39, 0.29) is 0 Å². The highest BCUT2D eigenvalue weighted by atomic mass is 32.1. The van der Waals surface area contributed by atoms with Crippen LogP contribution in [0, 0.1) is 0 Å². The minimum atomic E-state index is -0.579. The number of aromatic nitrogens is 2. The molecule has 49 heavy (non-hydrogen) atoms. The monoisotopic (exact) mass is 642 g/mol. The smallest absolute Gasteiger partial charge is 0.160 e. The molecule has 0 amide bonds. The molecule has 4 heteroatoms. The summed E-state index contributed by atoms with van der Waals surface area (Å²) >= 11 is 1.78. The van der Waals surface area contributed by atoms with Crippen molar-refractivity contribution in [2.75, 3.05) is 0 Å². The minimum absolute atomic E-state index is 0.579. The Morgan fingerprint density at radius 2 is 1.14 bits per heavy atom. The normalized spacial score (nSPS) is 13.6. The van der Waals surface area contributed by atoms with Gasteiger partial charge in [-0.3, -0.25) is 0 Å². The third kappa shape index (κ3) is 3.56. The molecule has 11 rings (SSSR count). The van der Waals surface area contributed by atoms with Crippen LogP contribution in [-0.4, -0.2) is 9.97 Å². The molecular formula is C45H26N2OS. The van der Waals surface area contributed by atoms with E-state index < -0.39 is 5.41 Å². The number of rotatable bonds is 2. The van der Waals surface area contributed by atoms with Crippen molar-refractivity contribution in [3.63, 3.8) is 0 Å². The molecule has 2 aromatic heterocycles. The molecule has 1 spiro atoms. The van der Waals surface area contributed by atoms with Gasteiger partial charge in [0.05, 0.1) is 21.3 Å². The second-order valence-corrected chi connectivity index (χ2v) is 13.9. The van der Waals surface area contributed by atoms with Gasteiger partial charge in [0, 0.05) is 32.3 Å². The van der Waals surface area contributed by atoms with Crippen LogP contribution in [0.5, 0.6) is 11.5 Å². The predicted octanol–water partition coefficient (Wildman–Crippen LogP) is 11.8. The van der Waals surface area contributed by atoms with Crippen LogP contribution in [-0.2, 0) is 5.41 Å². The van der Waals surface area contributed by atoms with Gasteiger partial charge in [-0.1, -0.05) is 140 Å². The lowest BCUT2D eigenvalue weighted by Crippen LogP contribution is -2.32. The van der Waals surface area contributed by atoms with Gasteiger partial charge in [-0.15, -0.1) is 11.3 Å². The maximum absolute atomic E-state index is 6.63. The van der Waals surface area contributed by atoms with Crippen LogP contribution in [0.3, 0.4) is 0 Å². The predicted molar refractivity (Wildman–Crippen MR) is 201 cm³/mol. The molecule has 0 N–H and O–H groups in total. The van der Waals surface area contributed by atoms with Crippen molar-refractivity contribution in [1.82, 2.24) is 9.97 Å². The Hall–Kier alpha value is -6.10. The molecule has 0 unspecified atom stereocenters. The number of fused-ring (bicyclic) bond motifs is 14. The fourth-order valence-corrected chi connectivity index (χ4v) is 9.54. The first-order chi connectivity index (χ1) is 24.3. The van der Waals surface area contributed by atoms with Crippen LogP contribution in [0.2, 0.25) is 0 Å². The third-order valence-electron chi connectivity index (χ3n) is 10.4. The van der Waals surface area contributed by atoms with Gasteiger partial charge in [-0.2, -0.15) is 0 Å². The number of para-hydroxylation sites is 2. The first kappa shape index (κ1) is 26.9. The second-order valence-electron chi connectivity index (χ2n) is 12.8.